The van der Waals surface area contributed by atoms with E-state index in [2.05, 4.69) is 36.1 Å². The molecule has 1 N–H and O–H groups in total. The van der Waals surface area contributed by atoms with Gasteiger partial charge in [-0.15, -0.1) is 11.3 Å². The van der Waals surface area contributed by atoms with Crippen LogP contribution in [0, 0.1) is 13.8 Å². The van der Waals surface area contributed by atoms with Gasteiger partial charge in [0.2, 0.25) is 0 Å². The number of benzene rings is 1. The summed E-state index contributed by atoms with van der Waals surface area (Å²) in [5, 5.41) is 4.98. The van der Waals surface area contributed by atoms with Crippen molar-refractivity contribution >= 4 is 44.1 Å². The molecule has 3 heterocycles. The van der Waals surface area contributed by atoms with Crippen molar-refractivity contribution in [3.05, 3.63) is 58.5 Å². The predicted molar refractivity (Wildman–Crippen MR) is 115 cm³/mol. The molecule has 0 aliphatic heterocycles. The first-order valence-corrected chi connectivity index (χ1v) is 10.00. The molecule has 6 heteroatoms. The third kappa shape index (κ3) is 3.24. The third-order valence-electron chi connectivity index (χ3n) is 4.71. The van der Waals surface area contributed by atoms with Gasteiger partial charge in [0.1, 0.15) is 10.7 Å². The second-order valence-electron chi connectivity index (χ2n) is 7.98. The van der Waals surface area contributed by atoms with Crippen LogP contribution in [0.3, 0.4) is 0 Å². The number of hydrogen-bond donors (Lipinski definition) is 1. The highest BCUT2D eigenvalue weighted by Gasteiger charge is 2.23. The van der Waals surface area contributed by atoms with Crippen LogP contribution in [0.4, 0.5) is 5.69 Å². The number of fused-ring (bicyclic) bond motifs is 2. The fraction of sp³-hybridized carbons (Fsp3) is 0.273. The predicted octanol–water partition coefficient (Wildman–Crippen LogP) is 5.41. The molecular weight excluding hydrogens is 368 g/mol. The summed E-state index contributed by atoms with van der Waals surface area (Å²) in [6.45, 7) is 10.2. The van der Waals surface area contributed by atoms with Gasteiger partial charge in [0.05, 0.1) is 16.1 Å². The van der Waals surface area contributed by atoms with Crippen molar-refractivity contribution in [2.24, 2.45) is 0 Å². The molecule has 0 radical (unpaired) electrons. The molecular formula is C22H22N4OS. The van der Waals surface area contributed by atoms with Gasteiger partial charge >= 0.3 is 0 Å². The molecule has 1 aromatic carbocycles. The van der Waals surface area contributed by atoms with Crippen molar-refractivity contribution in [3.63, 3.8) is 0 Å². The van der Waals surface area contributed by atoms with Gasteiger partial charge in [0.25, 0.3) is 5.91 Å². The molecule has 5 nitrogen and oxygen atoms in total. The van der Waals surface area contributed by atoms with Gasteiger partial charge in [-0.2, -0.15) is 0 Å². The number of aryl methyl sites for hydroxylation is 2. The van der Waals surface area contributed by atoms with E-state index in [1.165, 1.54) is 11.3 Å². The van der Waals surface area contributed by atoms with Crippen molar-refractivity contribution in [3.8, 4) is 0 Å². The van der Waals surface area contributed by atoms with Gasteiger partial charge in [-0.1, -0.05) is 26.8 Å². The van der Waals surface area contributed by atoms with E-state index in [1.807, 2.05) is 44.2 Å². The summed E-state index contributed by atoms with van der Waals surface area (Å²) in [7, 11) is 0. The summed E-state index contributed by atoms with van der Waals surface area (Å²) in [4.78, 5) is 28.2. The Morgan fingerprint density at radius 1 is 1.11 bits per heavy atom. The maximum Gasteiger partial charge on any atom is 0.266 e. The number of thiophene rings is 1. The summed E-state index contributed by atoms with van der Waals surface area (Å²) >= 11 is 1.42. The van der Waals surface area contributed by atoms with Gasteiger partial charge in [-0.25, -0.2) is 9.97 Å². The molecule has 0 aliphatic rings. The Labute approximate surface area is 167 Å². The number of nitrogens with one attached hydrogen (secondary N) is 1. The molecule has 0 saturated carbocycles. The van der Waals surface area contributed by atoms with Gasteiger partial charge in [0.15, 0.2) is 0 Å². The fourth-order valence-electron chi connectivity index (χ4n) is 3.23. The second-order valence-corrected chi connectivity index (χ2v) is 8.98. The molecule has 0 fully saturated rings. The number of pyridine rings is 1. The lowest BCUT2D eigenvalue weighted by Crippen LogP contribution is -2.16. The molecule has 28 heavy (non-hydrogen) atoms. The number of amides is 1. The number of aromatic nitrogens is 3. The van der Waals surface area contributed by atoms with Gasteiger partial charge < -0.3 is 5.32 Å². The molecule has 1 amide bonds. The number of anilines is 1. The van der Waals surface area contributed by atoms with Crippen LogP contribution in [0.15, 0.2) is 36.5 Å². The zero-order valence-electron chi connectivity index (χ0n) is 16.6. The van der Waals surface area contributed by atoms with Crippen LogP contribution in [0.2, 0.25) is 0 Å². The summed E-state index contributed by atoms with van der Waals surface area (Å²) in [6, 6.07) is 9.59. The highest BCUT2D eigenvalue weighted by molar-refractivity contribution is 7.20. The molecule has 0 spiro atoms. The van der Waals surface area contributed by atoms with Crippen LogP contribution in [0.5, 0.6) is 0 Å². The van der Waals surface area contributed by atoms with Crippen LogP contribution in [0.1, 0.15) is 47.5 Å². The Balaban J connectivity index is 1.72. The maximum atomic E-state index is 13.0. The van der Waals surface area contributed by atoms with Crippen molar-refractivity contribution in [2.75, 3.05) is 5.32 Å². The minimum atomic E-state index is -0.140. The zero-order chi connectivity index (χ0) is 20.1. The van der Waals surface area contributed by atoms with Crippen molar-refractivity contribution in [2.45, 2.75) is 40.0 Å². The lowest BCUT2D eigenvalue weighted by molar-refractivity contribution is 0.103. The minimum Gasteiger partial charge on any atom is -0.321 e. The Morgan fingerprint density at radius 3 is 2.64 bits per heavy atom. The first kappa shape index (κ1) is 18.5. The largest absolute Gasteiger partial charge is 0.321 e. The maximum absolute atomic E-state index is 13.0. The first-order valence-electron chi connectivity index (χ1n) is 9.18. The van der Waals surface area contributed by atoms with Crippen LogP contribution >= 0.6 is 11.3 Å². The lowest BCUT2D eigenvalue weighted by atomic mass is 9.95. The van der Waals surface area contributed by atoms with Crippen LogP contribution < -0.4 is 5.32 Å². The van der Waals surface area contributed by atoms with Gasteiger partial charge in [0, 0.05) is 28.1 Å². The molecule has 0 unspecified atom stereocenters. The first-order chi connectivity index (χ1) is 13.2. The SMILES string of the molecule is Cc1nc(C(C)(C)C)nc2sc(C(=O)Nc3ccc4ncccc4c3)c(C)c12. The van der Waals surface area contributed by atoms with E-state index in [0.717, 1.165) is 43.9 Å². The van der Waals surface area contributed by atoms with Gasteiger partial charge in [-0.05, 0) is 43.7 Å². The Hall–Kier alpha value is -2.86. The summed E-state index contributed by atoms with van der Waals surface area (Å²) < 4.78 is 0. The number of hydrogen-bond acceptors (Lipinski definition) is 5. The van der Waals surface area contributed by atoms with E-state index in [9.17, 15) is 4.79 Å². The zero-order valence-corrected chi connectivity index (χ0v) is 17.4. The van der Waals surface area contributed by atoms with Crippen LogP contribution in [-0.4, -0.2) is 20.9 Å². The van der Waals surface area contributed by atoms with E-state index >= 15 is 0 Å². The van der Waals surface area contributed by atoms with E-state index in [0.29, 0.717) is 4.88 Å². The van der Waals surface area contributed by atoms with Crippen molar-refractivity contribution in [1.82, 2.24) is 15.0 Å². The molecule has 0 bridgehead atoms. The average molecular weight is 391 g/mol. The number of carbonyl (C=O) groups excluding carboxylic acids is 1. The average Bonchev–Trinajstić information content (AvgIpc) is 2.98. The van der Waals surface area contributed by atoms with Crippen molar-refractivity contribution in [1.29, 1.82) is 0 Å². The van der Waals surface area contributed by atoms with Gasteiger partial charge in [-0.3, -0.25) is 9.78 Å². The molecule has 4 rings (SSSR count). The van der Waals surface area contributed by atoms with E-state index < -0.39 is 0 Å². The van der Waals surface area contributed by atoms with E-state index in [-0.39, 0.29) is 11.3 Å². The molecule has 0 saturated heterocycles. The minimum absolute atomic E-state index is 0.125. The summed E-state index contributed by atoms with van der Waals surface area (Å²) in [5.41, 5.74) is 3.36. The third-order valence-corrected chi connectivity index (χ3v) is 5.89. The normalized spacial score (nSPS) is 11.9. The highest BCUT2D eigenvalue weighted by atomic mass is 32.1. The Bertz CT molecular complexity index is 1220. The smallest absolute Gasteiger partial charge is 0.266 e. The quantitative estimate of drug-likeness (QED) is 0.497. The Morgan fingerprint density at radius 2 is 1.89 bits per heavy atom. The molecule has 3 aromatic heterocycles. The van der Waals surface area contributed by atoms with Crippen molar-refractivity contribution < 1.29 is 4.79 Å². The number of rotatable bonds is 2. The number of nitrogens with zero attached hydrogens (tertiary/aromatic N) is 3. The Kier molecular flexibility index (Phi) is 4.38. The lowest BCUT2D eigenvalue weighted by Gasteiger charge is -2.16. The van der Waals surface area contributed by atoms with Crippen LogP contribution in [-0.2, 0) is 5.41 Å². The summed E-state index contributed by atoms with van der Waals surface area (Å²) in [5.74, 6) is 0.674. The molecule has 142 valence electrons. The van der Waals surface area contributed by atoms with Crippen LogP contribution in [0.25, 0.3) is 21.1 Å². The fourth-order valence-corrected chi connectivity index (χ4v) is 4.36. The monoisotopic (exact) mass is 390 g/mol. The highest BCUT2D eigenvalue weighted by Crippen LogP contribution is 2.33. The molecule has 0 aliphatic carbocycles. The molecule has 4 aromatic rings. The standard InChI is InChI=1S/C22H22N4OS/c1-12-17-13(2)24-21(22(3,4)5)26-20(17)28-18(12)19(27)25-15-8-9-16-14(11-15)7-6-10-23-16/h6-11H,1-5H3,(H,25,27). The van der Waals surface area contributed by atoms with E-state index in [1.54, 1.807) is 6.20 Å². The second kappa shape index (κ2) is 6.63. The topological polar surface area (TPSA) is 67.8 Å². The van der Waals surface area contributed by atoms with E-state index in [4.69, 9.17) is 4.98 Å². The summed E-state index contributed by atoms with van der Waals surface area (Å²) in [6.07, 6.45) is 1.76. The molecule has 0 atom stereocenters. The number of carbonyl (C=O) groups is 1.